The van der Waals surface area contributed by atoms with E-state index < -0.39 is 0 Å². The molecule has 3 nitrogen and oxygen atoms in total. The van der Waals surface area contributed by atoms with E-state index in [4.69, 9.17) is 0 Å². The van der Waals surface area contributed by atoms with Crippen molar-refractivity contribution in [2.75, 3.05) is 11.9 Å². The van der Waals surface area contributed by atoms with Gasteiger partial charge < -0.3 is 5.32 Å². The van der Waals surface area contributed by atoms with E-state index in [0.717, 1.165) is 29.0 Å². The number of nitrogens with zero attached hydrogens (tertiary/aromatic N) is 2. The van der Waals surface area contributed by atoms with Gasteiger partial charge in [0.1, 0.15) is 11.6 Å². The van der Waals surface area contributed by atoms with Gasteiger partial charge in [0.15, 0.2) is 5.82 Å². The molecule has 3 rings (SSSR count). The number of aromatic nitrogens is 2. The van der Waals surface area contributed by atoms with Gasteiger partial charge in [-0.1, -0.05) is 13.0 Å². The maximum atomic E-state index is 13.4. The Kier molecular flexibility index (Phi) is 3.60. The number of nitrogens with one attached hydrogen (secondary N) is 1. The molecule has 0 saturated heterocycles. The largest absolute Gasteiger partial charge is 0.369 e. The molecule has 2 aromatic heterocycles. The highest BCUT2D eigenvalue weighted by molar-refractivity contribution is 7.13. The van der Waals surface area contributed by atoms with Crippen molar-refractivity contribution in [1.82, 2.24) is 9.97 Å². The Hall–Kier alpha value is -2.01. The third-order valence-electron chi connectivity index (χ3n) is 2.94. The third kappa shape index (κ3) is 2.49. The first-order chi connectivity index (χ1) is 9.78. The zero-order valence-electron chi connectivity index (χ0n) is 11.1. The van der Waals surface area contributed by atoms with Crippen molar-refractivity contribution in [1.29, 1.82) is 0 Å². The molecule has 0 aliphatic rings. The lowest BCUT2D eigenvalue weighted by molar-refractivity contribution is 0.629. The van der Waals surface area contributed by atoms with Crippen LogP contribution in [0.2, 0.25) is 0 Å². The predicted octanol–water partition coefficient (Wildman–Crippen LogP) is 4.32. The molecule has 0 bridgehead atoms. The van der Waals surface area contributed by atoms with Crippen LogP contribution in [-0.4, -0.2) is 16.5 Å². The van der Waals surface area contributed by atoms with Crippen molar-refractivity contribution in [3.63, 3.8) is 0 Å². The Balaban J connectivity index is 2.17. The number of rotatable bonds is 4. The van der Waals surface area contributed by atoms with Crippen molar-refractivity contribution >= 4 is 28.1 Å². The second kappa shape index (κ2) is 5.54. The van der Waals surface area contributed by atoms with Crippen LogP contribution in [0.4, 0.5) is 10.2 Å². The van der Waals surface area contributed by atoms with E-state index in [0.29, 0.717) is 11.3 Å². The van der Waals surface area contributed by atoms with Crippen LogP contribution < -0.4 is 5.32 Å². The number of hydrogen-bond donors (Lipinski definition) is 1. The van der Waals surface area contributed by atoms with Gasteiger partial charge in [0.05, 0.1) is 10.4 Å². The first-order valence-electron chi connectivity index (χ1n) is 6.53. The molecule has 0 radical (unpaired) electrons. The smallest absolute Gasteiger partial charge is 0.172 e. The number of hydrogen-bond acceptors (Lipinski definition) is 4. The summed E-state index contributed by atoms with van der Waals surface area (Å²) in [7, 11) is 0. The highest BCUT2D eigenvalue weighted by atomic mass is 32.1. The minimum Gasteiger partial charge on any atom is -0.369 e. The van der Waals surface area contributed by atoms with Gasteiger partial charge in [-0.15, -0.1) is 11.3 Å². The van der Waals surface area contributed by atoms with Crippen LogP contribution in [0.1, 0.15) is 13.3 Å². The summed E-state index contributed by atoms with van der Waals surface area (Å²) in [6.07, 6.45) is 1.00. The molecular weight excluding hydrogens is 273 g/mol. The molecular formula is C15H14FN3S. The molecule has 0 unspecified atom stereocenters. The van der Waals surface area contributed by atoms with Crippen LogP contribution in [0.5, 0.6) is 0 Å². The van der Waals surface area contributed by atoms with Crippen LogP contribution >= 0.6 is 11.3 Å². The molecule has 3 aromatic rings. The third-order valence-corrected chi connectivity index (χ3v) is 3.81. The Morgan fingerprint density at radius 1 is 1.25 bits per heavy atom. The minimum absolute atomic E-state index is 0.283. The van der Waals surface area contributed by atoms with E-state index in [9.17, 15) is 4.39 Å². The minimum atomic E-state index is -0.283. The van der Waals surface area contributed by atoms with Crippen LogP contribution in [0.15, 0.2) is 35.7 Å². The van der Waals surface area contributed by atoms with Crippen molar-refractivity contribution in [2.24, 2.45) is 0 Å². The molecule has 20 heavy (non-hydrogen) atoms. The Morgan fingerprint density at radius 3 is 2.90 bits per heavy atom. The normalized spacial score (nSPS) is 10.9. The zero-order chi connectivity index (χ0) is 13.9. The SMILES string of the molecule is CCCNc1nc(-c2cccs2)nc2cc(F)ccc12. The number of benzene rings is 1. The van der Waals surface area contributed by atoms with Crippen LogP contribution in [-0.2, 0) is 0 Å². The fraction of sp³-hybridized carbons (Fsp3) is 0.200. The van der Waals surface area contributed by atoms with Crippen LogP contribution in [0.3, 0.4) is 0 Å². The summed E-state index contributed by atoms with van der Waals surface area (Å²) >= 11 is 1.57. The fourth-order valence-electron chi connectivity index (χ4n) is 2.00. The molecule has 102 valence electrons. The van der Waals surface area contributed by atoms with Crippen molar-refractivity contribution in [3.8, 4) is 10.7 Å². The van der Waals surface area contributed by atoms with E-state index in [1.54, 1.807) is 17.4 Å². The molecule has 0 fully saturated rings. The maximum absolute atomic E-state index is 13.4. The quantitative estimate of drug-likeness (QED) is 0.776. The highest BCUT2D eigenvalue weighted by Crippen LogP contribution is 2.27. The molecule has 2 heterocycles. The predicted molar refractivity (Wildman–Crippen MR) is 81.6 cm³/mol. The topological polar surface area (TPSA) is 37.8 Å². The summed E-state index contributed by atoms with van der Waals surface area (Å²) in [5.41, 5.74) is 0.627. The molecule has 0 spiro atoms. The second-order valence-corrected chi connectivity index (χ2v) is 5.41. The van der Waals surface area contributed by atoms with Crippen molar-refractivity contribution in [3.05, 3.63) is 41.5 Å². The number of halogens is 1. The lowest BCUT2D eigenvalue weighted by Gasteiger charge is -2.09. The Labute approximate surface area is 120 Å². The molecule has 0 aliphatic carbocycles. The fourth-order valence-corrected chi connectivity index (χ4v) is 2.65. The van der Waals surface area contributed by atoms with Gasteiger partial charge >= 0.3 is 0 Å². The zero-order valence-corrected chi connectivity index (χ0v) is 11.9. The summed E-state index contributed by atoms with van der Waals surface area (Å²) in [5, 5.41) is 6.12. The molecule has 1 N–H and O–H groups in total. The first-order valence-corrected chi connectivity index (χ1v) is 7.41. The summed E-state index contributed by atoms with van der Waals surface area (Å²) in [6, 6.07) is 8.53. The summed E-state index contributed by atoms with van der Waals surface area (Å²) in [4.78, 5) is 10.0. The van der Waals surface area contributed by atoms with Crippen molar-refractivity contribution in [2.45, 2.75) is 13.3 Å². The number of fused-ring (bicyclic) bond motifs is 1. The van der Waals surface area contributed by atoms with Gasteiger partial charge in [0, 0.05) is 18.0 Å². The van der Waals surface area contributed by atoms with Gasteiger partial charge in [-0.3, -0.25) is 0 Å². The monoisotopic (exact) mass is 287 g/mol. The van der Waals surface area contributed by atoms with Gasteiger partial charge in [-0.25, -0.2) is 14.4 Å². The molecule has 5 heteroatoms. The molecule has 0 aliphatic heterocycles. The van der Waals surface area contributed by atoms with E-state index in [-0.39, 0.29) is 5.82 Å². The molecule has 0 saturated carbocycles. The van der Waals surface area contributed by atoms with Gasteiger partial charge in [-0.05, 0) is 30.0 Å². The first kappa shape index (κ1) is 13.0. The van der Waals surface area contributed by atoms with E-state index in [1.807, 2.05) is 17.5 Å². The van der Waals surface area contributed by atoms with E-state index in [1.165, 1.54) is 12.1 Å². The van der Waals surface area contributed by atoms with E-state index >= 15 is 0 Å². The average Bonchev–Trinajstić information content (AvgIpc) is 2.98. The maximum Gasteiger partial charge on any atom is 0.172 e. The lowest BCUT2D eigenvalue weighted by Crippen LogP contribution is -2.04. The Bertz CT molecular complexity index is 725. The standard InChI is InChI=1S/C15H14FN3S/c1-2-7-17-14-11-6-5-10(16)9-12(11)18-15(19-14)13-4-3-8-20-13/h3-6,8-9H,2,7H2,1H3,(H,17,18,19). The van der Waals surface area contributed by atoms with Crippen molar-refractivity contribution < 1.29 is 4.39 Å². The van der Waals surface area contributed by atoms with E-state index in [2.05, 4.69) is 22.2 Å². The number of anilines is 1. The van der Waals surface area contributed by atoms with Gasteiger partial charge in [0.25, 0.3) is 0 Å². The van der Waals surface area contributed by atoms with Crippen LogP contribution in [0.25, 0.3) is 21.6 Å². The van der Waals surface area contributed by atoms with Gasteiger partial charge in [-0.2, -0.15) is 0 Å². The average molecular weight is 287 g/mol. The summed E-state index contributed by atoms with van der Waals surface area (Å²) in [6.45, 7) is 2.92. The highest BCUT2D eigenvalue weighted by Gasteiger charge is 2.10. The van der Waals surface area contributed by atoms with Gasteiger partial charge in [0.2, 0.25) is 0 Å². The summed E-state index contributed by atoms with van der Waals surface area (Å²) < 4.78 is 13.4. The second-order valence-electron chi connectivity index (χ2n) is 4.46. The molecule has 1 aromatic carbocycles. The number of thiophene rings is 1. The Morgan fingerprint density at radius 2 is 2.15 bits per heavy atom. The molecule has 0 amide bonds. The summed E-state index contributed by atoms with van der Waals surface area (Å²) in [5.74, 6) is 1.12. The van der Waals surface area contributed by atoms with Crippen LogP contribution in [0, 0.1) is 5.82 Å². The molecule has 0 atom stereocenters. The lowest BCUT2D eigenvalue weighted by atomic mass is 10.2.